The van der Waals surface area contributed by atoms with Crippen LogP contribution in [0.5, 0.6) is 0 Å². The number of aromatic nitrogens is 1. The maximum absolute atomic E-state index is 4.87. The van der Waals surface area contributed by atoms with Crippen molar-refractivity contribution in [3.05, 3.63) is 16.1 Å². The average Bonchev–Trinajstić information content (AvgIpc) is 2.77. The highest BCUT2D eigenvalue weighted by Crippen LogP contribution is 2.43. The minimum atomic E-state index is 0.563. The van der Waals surface area contributed by atoms with Crippen molar-refractivity contribution in [2.75, 3.05) is 0 Å². The van der Waals surface area contributed by atoms with Crippen LogP contribution in [0.1, 0.15) is 82.3 Å². The van der Waals surface area contributed by atoms with Crippen molar-refractivity contribution < 1.29 is 0 Å². The Bertz CT molecular complexity index is 357. The molecule has 0 amide bonds. The quantitative estimate of drug-likeness (QED) is 0.706. The normalized spacial score (nSPS) is 22.6. The molecule has 1 unspecified atom stereocenters. The Balaban J connectivity index is 2.01. The summed E-state index contributed by atoms with van der Waals surface area (Å²) in [5.41, 5.74) is 1.88. The molecule has 0 saturated heterocycles. The maximum Gasteiger partial charge on any atom is 0.0959 e. The molecule has 1 aliphatic rings. The van der Waals surface area contributed by atoms with Crippen LogP contribution in [0.2, 0.25) is 0 Å². The number of thiazole rings is 1. The Morgan fingerprint density at radius 2 is 2.06 bits per heavy atom. The largest absolute Gasteiger partial charge is 0.246 e. The average molecular weight is 251 g/mol. The van der Waals surface area contributed by atoms with Crippen molar-refractivity contribution in [3.8, 4) is 0 Å². The van der Waals surface area contributed by atoms with Gasteiger partial charge in [-0.05, 0) is 43.4 Å². The number of rotatable bonds is 3. The summed E-state index contributed by atoms with van der Waals surface area (Å²) in [5.74, 6) is 1.37. The first-order valence-corrected chi connectivity index (χ1v) is 7.85. The lowest BCUT2D eigenvalue weighted by Crippen LogP contribution is -2.20. The van der Waals surface area contributed by atoms with Crippen molar-refractivity contribution >= 4 is 11.3 Å². The van der Waals surface area contributed by atoms with Crippen molar-refractivity contribution in [1.82, 2.24) is 4.98 Å². The molecule has 1 aliphatic carbocycles. The second-order valence-corrected chi connectivity index (χ2v) is 7.25. The molecule has 2 heteroatoms. The van der Waals surface area contributed by atoms with E-state index < -0.39 is 0 Å². The molecular weight excluding hydrogens is 226 g/mol. The van der Waals surface area contributed by atoms with Gasteiger partial charge in [-0.2, -0.15) is 0 Å². The van der Waals surface area contributed by atoms with E-state index in [0.29, 0.717) is 11.3 Å². The summed E-state index contributed by atoms with van der Waals surface area (Å²) in [6.07, 6.45) is 6.58. The minimum absolute atomic E-state index is 0.563. The van der Waals surface area contributed by atoms with Gasteiger partial charge in [0.2, 0.25) is 0 Å². The summed E-state index contributed by atoms with van der Waals surface area (Å²) >= 11 is 1.89. The van der Waals surface area contributed by atoms with Gasteiger partial charge >= 0.3 is 0 Å². The van der Waals surface area contributed by atoms with Crippen LogP contribution in [0.25, 0.3) is 0 Å². The number of nitrogens with zero attached hydrogens (tertiary/aromatic N) is 1. The first kappa shape index (κ1) is 13.1. The third kappa shape index (κ3) is 3.09. The molecule has 0 aromatic carbocycles. The summed E-state index contributed by atoms with van der Waals surface area (Å²) in [6, 6.07) is 0. The van der Waals surface area contributed by atoms with E-state index in [2.05, 4.69) is 33.1 Å². The van der Waals surface area contributed by atoms with E-state index >= 15 is 0 Å². The molecule has 1 heterocycles. The van der Waals surface area contributed by atoms with E-state index in [-0.39, 0.29) is 0 Å². The van der Waals surface area contributed by atoms with Gasteiger partial charge in [-0.3, -0.25) is 0 Å². The molecular formula is C15H25NS. The third-order valence-electron chi connectivity index (χ3n) is 4.35. The molecule has 1 aromatic heterocycles. The highest BCUT2D eigenvalue weighted by molar-refractivity contribution is 7.09. The van der Waals surface area contributed by atoms with Crippen molar-refractivity contribution in [3.63, 3.8) is 0 Å². The Labute approximate surface area is 110 Å². The molecule has 1 fully saturated rings. The lowest BCUT2D eigenvalue weighted by molar-refractivity contribution is 0.224. The van der Waals surface area contributed by atoms with Crippen LogP contribution in [0.3, 0.4) is 0 Å². The molecule has 1 nitrogen and oxygen atoms in total. The SMILES string of the molecule is CCC(C)c1csc(C2CCC(C)(C)CC2)n1. The zero-order valence-corrected chi connectivity index (χ0v) is 12.4. The summed E-state index contributed by atoms with van der Waals surface area (Å²) in [7, 11) is 0. The lowest BCUT2D eigenvalue weighted by Gasteiger charge is -2.33. The van der Waals surface area contributed by atoms with E-state index in [4.69, 9.17) is 4.98 Å². The molecule has 0 bridgehead atoms. The fraction of sp³-hybridized carbons (Fsp3) is 0.800. The van der Waals surface area contributed by atoms with Crippen LogP contribution in [-0.2, 0) is 0 Å². The minimum Gasteiger partial charge on any atom is -0.246 e. The molecule has 0 radical (unpaired) electrons. The maximum atomic E-state index is 4.87. The smallest absolute Gasteiger partial charge is 0.0959 e. The van der Waals surface area contributed by atoms with Crippen LogP contribution in [-0.4, -0.2) is 4.98 Å². The second-order valence-electron chi connectivity index (χ2n) is 6.36. The Kier molecular flexibility index (Phi) is 3.92. The Hall–Kier alpha value is -0.370. The van der Waals surface area contributed by atoms with E-state index in [1.807, 2.05) is 11.3 Å². The van der Waals surface area contributed by atoms with Gasteiger partial charge in [0, 0.05) is 11.3 Å². The molecule has 1 atom stereocenters. The molecule has 0 aliphatic heterocycles. The van der Waals surface area contributed by atoms with Crippen LogP contribution in [0, 0.1) is 5.41 Å². The molecule has 0 N–H and O–H groups in total. The van der Waals surface area contributed by atoms with Crippen molar-refractivity contribution in [2.24, 2.45) is 5.41 Å². The fourth-order valence-corrected chi connectivity index (χ4v) is 3.68. The van der Waals surface area contributed by atoms with E-state index in [1.54, 1.807) is 0 Å². The highest BCUT2D eigenvalue weighted by atomic mass is 32.1. The molecule has 1 saturated carbocycles. The topological polar surface area (TPSA) is 12.9 Å². The molecule has 96 valence electrons. The Morgan fingerprint density at radius 3 is 2.65 bits per heavy atom. The second kappa shape index (κ2) is 5.09. The van der Waals surface area contributed by atoms with Gasteiger partial charge in [-0.1, -0.05) is 27.7 Å². The molecule has 17 heavy (non-hydrogen) atoms. The molecule has 0 spiro atoms. The van der Waals surface area contributed by atoms with Gasteiger partial charge in [-0.25, -0.2) is 4.98 Å². The van der Waals surface area contributed by atoms with E-state index in [1.165, 1.54) is 42.8 Å². The first-order chi connectivity index (χ1) is 8.02. The molecule has 2 rings (SSSR count). The predicted octanol–water partition coefficient (Wildman–Crippen LogP) is 5.34. The summed E-state index contributed by atoms with van der Waals surface area (Å²) < 4.78 is 0. The predicted molar refractivity (Wildman–Crippen MR) is 75.8 cm³/mol. The van der Waals surface area contributed by atoms with Crippen LogP contribution < -0.4 is 0 Å². The third-order valence-corrected chi connectivity index (χ3v) is 5.37. The number of hydrogen-bond acceptors (Lipinski definition) is 2. The number of hydrogen-bond donors (Lipinski definition) is 0. The van der Waals surface area contributed by atoms with Gasteiger partial charge in [0.25, 0.3) is 0 Å². The van der Waals surface area contributed by atoms with E-state index in [0.717, 1.165) is 5.92 Å². The zero-order valence-electron chi connectivity index (χ0n) is 11.6. The summed E-state index contributed by atoms with van der Waals surface area (Å²) in [5, 5.41) is 3.68. The van der Waals surface area contributed by atoms with Crippen molar-refractivity contribution in [1.29, 1.82) is 0 Å². The standard InChI is InChI=1S/C15H25NS/c1-5-11(2)13-10-17-14(16-13)12-6-8-15(3,4)9-7-12/h10-12H,5-9H2,1-4H3. The zero-order chi connectivity index (χ0) is 12.5. The van der Waals surface area contributed by atoms with Gasteiger partial charge in [0.1, 0.15) is 0 Å². The summed E-state index contributed by atoms with van der Waals surface area (Å²) in [4.78, 5) is 4.87. The fourth-order valence-electron chi connectivity index (χ4n) is 2.57. The lowest BCUT2D eigenvalue weighted by atomic mass is 9.73. The van der Waals surface area contributed by atoms with E-state index in [9.17, 15) is 0 Å². The summed E-state index contributed by atoms with van der Waals surface area (Å²) in [6.45, 7) is 9.32. The van der Waals surface area contributed by atoms with Crippen molar-refractivity contribution in [2.45, 2.75) is 71.6 Å². The van der Waals surface area contributed by atoms with Crippen LogP contribution >= 0.6 is 11.3 Å². The monoisotopic (exact) mass is 251 g/mol. The first-order valence-electron chi connectivity index (χ1n) is 6.97. The van der Waals surface area contributed by atoms with Crippen LogP contribution in [0.4, 0.5) is 0 Å². The Morgan fingerprint density at radius 1 is 1.41 bits per heavy atom. The van der Waals surface area contributed by atoms with Gasteiger partial charge < -0.3 is 0 Å². The van der Waals surface area contributed by atoms with Gasteiger partial charge in [0.05, 0.1) is 10.7 Å². The van der Waals surface area contributed by atoms with Gasteiger partial charge in [0.15, 0.2) is 0 Å². The molecule has 1 aromatic rings. The van der Waals surface area contributed by atoms with Crippen LogP contribution in [0.15, 0.2) is 5.38 Å². The highest BCUT2D eigenvalue weighted by Gasteiger charge is 2.29. The van der Waals surface area contributed by atoms with Gasteiger partial charge in [-0.15, -0.1) is 11.3 Å².